The molecule has 0 spiro atoms. The van der Waals surface area contributed by atoms with Crippen molar-refractivity contribution >= 4 is 21.1 Å². The largest absolute Gasteiger partial charge is 0.331 e. The second-order valence-electron chi connectivity index (χ2n) is 5.58. The minimum atomic E-state index is -3.42. The minimum Gasteiger partial charge on any atom is -0.331 e. The van der Waals surface area contributed by atoms with E-state index >= 15 is 0 Å². The zero-order valence-electron chi connectivity index (χ0n) is 13.2. The fraction of sp³-hybridized carbons (Fsp3) is 0.235. The molecule has 1 aromatic heterocycles. The Labute approximate surface area is 140 Å². The van der Waals surface area contributed by atoms with Crippen molar-refractivity contribution in [1.82, 2.24) is 14.3 Å². The van der Waals surface area contributed by atoms with E-state index in [1.165, 1.54) is 6.07 Å². The summed E-state index contributed by atoms with van der Waals surface area (Å²) in [7, 11) is -1.62. The normalized spacial score (nSPS) is 11.9. The molecular formula is C17H18FN3O2S. The number of imidazole rings is 1. The molecule has 0 atom stereocenters. The number of halogens is 1. The number of nitrogens with one attached hydrogen (secondary N) is 1. The number of hydrogen-bond donors (Lipinski definition) is 1. The van der Waals surface area contributed by atoms with E-state index < -0.39 is 10.0 Å². The van der Waals surface area contributed by atoms with Crippen LogP contribution in [0.5, 0.6) is 0 Å². The molecule has 0 bridgehead atoms. The highest BCUT2D eigenvalue weighted by Crippen LogP contribution is 2.18. The summed E-state index contributed by atoms with van der Waals surface area (Å²) in [6, 6.07) is 13.8. The summed E-state index contributed by atoms with van der Waals surface area (Å²) < 4.78 is 42.3. The minimum absolute atomic E-state index is 0.0645. The van der Waals surface area contributed by atoms with Crippen molar-refractivity contribution in [1.29, 1.82) is 0 Å². The summed E-state index contributed by atoms with van der Waals surface area (Å²) in [5.41, 5.74) is 1.73. The van der Waals surface area contributed by atoms with Crippen LogP contribution in [0.2, 0.25) is 0 Å². The summed E-state index contributed by atoms with van der Waals surface area (Å²) in [6.07, 6.45) is 0.388. The molecule has 0 saturated carbocycles. The third-order valence-corrected chi connectivity index (χ3v) is 5.18. The number of para-hydroxylation sites is 1. The van der Waals surface area contributed by atoms with Crippen molar-refractivity contribution in [3.63, 3.8) is 0 Å². The Bertz CT molecular complexity index is 953. The van der Waals surface area contributed by atoms with Gasteiger partial charge in [-0.2, -0.15) is 0 Å². The molecule has 0 aliphatic rings. The monoisotopic (exact) mass is 347 g/mol. The van der Waals surface area contributed by atoms with Crippen LogP contribution < -0.4 is 4.72 Å². The quantitative estimate of drug-likeness (QED) is 0.745. The van der Waals surface area contributed by atoms with Crippen molar-refractivity contribution in [2.45, 2.75) is 12.2 Å². The number of rotatable bonds is 6. The van der Waals surface area contributed by atoms with Crippen LogP contribution in [0.4, 0.5) is 4.39 Å². The van der Waals surface area contributed by atoms with E-state index in [4.69, 9.17) is 0 Å². The fourth-order valence-corrected chi connectivity index (χ4v) is 3.76. The fourth-order valence-electron chi connectivity index (χ4n) is 2.62. The number of benzene rings is 2. The van der Waals surface area contributed by atoms with Crippen LogP contribution in [-0.2, 0) is 29.2 Å². The first kappa shape index (κ1) is 16.6. The second-order valence-corrected chi connectivity index (χ2v) is 7.39. The van der Waals surface area contributed by atoms with Crippen LogP contribution in [0.3, 0.4) is 0 Å². The van der Waals surface area contributed by atoms with Crippen molar-refractivity contribution in [2.75, 3.05) is 6.54 Å². The molecule has 24 heavy (non-hydrogen) atoms. The van der Waals surface area contributed by atoms with Crippen LogP contribution in [0.1, 0.15) is 11.4 Å². The number of nitrogens with zero attached hydrogens (tertiary/aromatic N) is 2. The lowest BCUT2D eigenvalue weighted by molar-refractivity contribution is 0.579. The average molecular weight is 347 g/mol. The van der Waals surface area contributed by atoms with Crippen LogP contribution in [0.15, 0.2) is 48.5 Å². The van der Waals surface area contributed by atoms with Gasteiger partial charge in [0.25, 0.3) is 0 Å². The van der Waals surface area contributed by atoms with Gasteiger partial charge in [0.05, 0.1) is 11.3 Å². The SMILES string of the molecule is Cn1c(CCNS(=O)(=O)Cc2ccccc2)nc2c(F)cccc21. The summed E-state index contributed by atoms with van der Waals surface area (Å²) in [6.45, 7) is 0.216. The molecule has 0 saturated heterocycles. The summed E-state index contributed by atoms with van der Waals surface area (Å²) in [4.78, 5) is 4.27. The molecule has 1 N–H and O–H groups in total. The van der Waals surface area contributed by atoms with Gasteiger partial charge in [0.15, 0.2) is 5.82 Å². The highest BCUT2D eigenvalue weighted by Gasteiger charge is 2.14. The van der Waals surface area contributed by atoms with E-state index in [2.05, 4.69) is 9.71 Å². The molecule has 3 rings (SSSR count). The highest BCUT2D eigenvalue weighted by molar-refractivity contribution is 7.88. The standard InChI is InChI=1S/C17H18FN3O2S/c1-21-15-9-5-8-14(18)17(15)20-16(21)10-11-19-24(22,23)12-13-6-3-2-4-7-13/h2-9,19H,10-12H2,1H3. The topological polar surface area (TPSA) is 64.0 Å². The molecule has 0 aliphatic heterocycles. The Hall–Kier alpha value is -2.25. The molecule has 3 aromatic rings. The van der Waals surface area contributed by atoms with E-state index in [-0.39, 0.29) is 18.1 Å². The van der Waals surface area contributed by atoms with Gasteiger partial charge in [-0.1, -0.05) is 36.4 Å². The Morgan fingerprint density at radius 1 is 1.12 bits per heavy atom. The Kier molecular flexibility index (Phi) is 4.64. The van der Waals surface area contributed by atoms with Crippen LogP contribution >= 0.6 is 0 Å². The molecule has 0 unspecified atom stereocenters. The zero-order valence-corrected chi connectivity index (χ0v) is 14.1. The first-order chi connectivity index (χ1) is 11.5. The van der Waals surface area contributed by atoms with Gasteiger partial charge >= 0.3 is 0 Å². The maximum absolute atomic E-state index is 13.7. The molecule has 0 amide bonds. The molecule has 0 radical (unpaired) electrons. The molecule has 126 valence electrons. The number of hydrogen-bond acceptors (Lipinski definition) is 3. The molecule has 7 heteroatoms. The van der Waals surface area contributed by atoms with Gasteiger partial charge in [0.2, 0.25) is 10.0 Å². The van der Waals surface area contributed by atoms with Gasteiger partial charge in [-0.05, 0) is 17.7 Å². The molecular weight excluding hydrogens is 329 g/mol. The molecule has 0 fully saturated rings. The smallest absolute Gasteiger partial charge is 0.215 e. The van der Waals surface area contributed by atoms with Gasteiger partial charge in [0.1, 0.15) is 11.3 Å². The van der Waals surface area contributed by atoms with Gasteiger partial charge in [-0.15, -0.1) is 0 Å². The van der Waals surface area contributed by atoms with Crippen molar-refractivity contribution in [3.8, 4) is 0 Å². The number of aryl methyl sites for hydroxylation is 1. The van der Waals surface area contributed by atoms with Crippen molar-refractivity contribution in [3.05, 3.63) is 65.7 Å². The third-order valence-electron chi connectivity index (χ3n) is 3.82. The van der Waals surface area contributed by atoms with E-state index in [9.17, 15) is 12.8 Å². The number of aromatic nitrogens is 2. The van der Waals surface area contributed by atoms with E-state index in [0.717, 1.165) is 5.56 Å². The average Bonchev–Trinajstić information content (AvgIpc) is 2.86. The highest BCUT2D eigenvalue weighted by atomic mass is 32.2. The first-order valence-corrected chi connectivity index (χ1v) is 9.22. The lowest BCUT2D eigenvalue weighted by atomic mass is 10.2. The van der Waals surface area contributed by atoms with Gasteiger partial charge in [-0.25, -0.2) is 22.5 Å². The van der Waals surface area contributed by atoms with Crippen LogP contribution in [0.25, 0.3) is 11.0 Å². The first-order valence-electron chi connectivity index (χ1n) is 7.57. The zero-order chi connectivity index (χ0) is 17.2. The Morgan fingerprint density at radius 2 is 1.88 bits per heavy atom. The van der Waals surface area contributed by atoms with E-state index in [0.29, 0.717) is 23.3 Å². The molecule has 5 nitrogen and oxygen atoms in total. The second kappa shape index (κ2) is 6.70. The van der Waals surface area contributed by atoms with Crippen molar-refractivity contribution < 1.29 is 12.8 Å². The van der Waals surface area contributed by atoms with Crippen LogP contribution in [-0.4, -0.2) is 24.5 Å². The maximum atomic E-state index is 13.7. The Morgan fingerprint density at radius 3 is 2.58 bits per heavy atom. The summed E-state index contributed by atoms with van der Waals surface area (Å²) in [5.74, 6) is 0.196. The van der Waals surface area contributed by atoms with Crippen molar-refractivity contribution in [2.24, 2.45) is 7.05 Å². The molecule has 2 aromatic carbocycles. The predicted octanol–water partition coefficient (Wildman–Crippen LogP) is 2.37. The Balaban J connectivity index is 1.66. The summed E-state index contributed by atoms with van der Waals surface area (Å²) >= 11 is 0. The predicted molar refractivity (Wildman–Crippen MR) is 91.4 cm³/mol. The van der Waals surface area contributed by atoms with Gasteiger partial charge in [0, 0.05) is 20.0 Å². The number of fused-ring (bicyclic) bond motifs is 1. The summed E-state index contributed by atoms with van der Waals surface area (Å²) in [5, 5.41) is 0. The molecule has 1 heterocycles. The van der Waals surface area contributed by atoms with Gasteiger partial charge in [-0.3, -0.25) is 0 Å². The maximum Gasteiger partial charge on any atom is 0.215 e. The van der Waals surface area contributed by atoms with E-state index in [1.807, 2.05) is 6.07 Å². The number of sulfonamides is 1. The molecule has 0 aliphatic carbocycles. The lowest BCUT2D eigenvalue weighted by Gasteiger charge is -2.07. The van der Waals surface area contributed by atoms with Crippen LogP contribution in [0, 0.1) is 5.82 Å². The lowest BCUT2D eigenvalue weighted by Crippen LogP contribution is -2.27. The van der Waals surface area contributed by atoms with E-state index in [1.54, 1.807) is 48.0 Å². The third kappa shape index (κ3) is 3.63. The van der Waals surface area contributed by atoms with Gasteiger partial charge < -0.3 is 4.57 Å².